The summed E-state index contributed by atoms with van der Waals surface area (Å²) in [6.45, 7) is 4.60. The summed E-state index contributed by atoms with van der Waals surface area (Å²) in [5.41, 5.74) is 0.102. The van der Waals surface area contributed by atoms with Gasteiger partial charge in [-0.15, -0.1) is 0 Å². The molecule has 2 N–H and O–H groups in total. The van der Waals surface area contributed by atoms with E-state index in [1.165, 1.54) is 12.1 Å². The summed E-state index contributed by atoms with van der Waals surface area (Å²) in [4.78, 5) is 23.6. The molecule has 0 spiro atoms. The molecule has 0 aromatic heterocycles. The number of rotatable bonds is 5. The third-order valence-corrected chi connectivity index (χ3v) is 3.83. The largest absolute Gasteiger partial charge is 0.477 e. The van der Waals surface area contributed by atoms with Crippen molar-refractivity contribution < 1.29 is 14.8 Å². The summed E-state index contributed by atoms with van der Waals surface area (Å²) >= 11 is 0. The molecule has 0 aliphatic carbocycles. The SMILES string of the molecule is CCN(c1ccc([N+](=O)[O-])c(C(=O)O)c1)C1CCNCC1. The Morgan fingerprint density at radius 3 is 2.67 bits per heavy atom. The average molecular weight is 293 g/mol. The molecule has 0 amide bonds. The summed E-state index contributed by atoms with van der Waals surface area (Å²) in [6, 6.07) is 4.66. The predicted octanol–water partition coefficient (Wildman–Crippen LogP) is 1.87. The van der Waals surface area contributed by atoms with Crippen molar-refractivity contribution in [1.29, 1.82) is 0 Å². The molecule has 0 atom stereocenters. The van der Waals surface area contributed by atoms with Gasteiger partial charge in [0.1, 0.15) is 5.56 Å². The molecule has 0 bridgehead atoms. The maximum atomic E-state index is 11.2. The van der Waals surface area contributed by atoms with Gasteiger partial charge in [0, 0.05) is 24.3 Å². The maximum Gasteiger partial charge on any atom is 0.342 e. The van der Waals surface area contributed by atoms with Gasteiger partial charge in [-0.05, 0) is 45.0 Å². The second-order valence-electron chi connectivity index (χ2n) is 5.03. The molecule has 7 heteroatoms. The lowest BCUT2D eigenvalue weighted by Crippen LogP contribution is -2.43. The zero-order valence-electron chi connectivity index (χ0n) is 11.9. The first kappa shape index (κ1) is 15.2. The quantitative estimate of drug-likeness (QED) is 0.635. The van der Waals surface area contributed by atoms with Gasteiger partial charge in [-0.2, -0.15) is 0 Å². The Labute approximate surface area is 122 Å². The molecule has 1 aliphatic rings. The van der Waals surface area contributed by atoms with E-state index in [1.54, 1.807) is 6.07 Å². The Bertz CT molecular complexity index is 541. The number of anilines is 1. The van der Waals surface area contributed by atoms with Crippen molar-refractivity contribution in [3.8, 4) is 0 Å². The normalized spacial score (nSPS) is 15.7. The number of hydrogen-bond acceptors (Lipinski definition) is 5. The first-order valence-electron chi connectivity index (χ1n) is 7.03. The fourth-order valence-electron chi connectivity index (χ4n) is 2.80. The molecule has 1 saturated heterocycles. The van der Waals surface area contributed by atoms with Gasteiger partial charge in [-0.1, -0.05) is 0 Å². The van der Waals surface area contributed by atoms with E-state index in [4.69, 9.17) is 0 Å². The number of hydrogen-bond donors (Lipinski definition) is 2. The van der Waals surface area contributed by atoms with Crippen LogP contribution in [0.15, 0.2) is 18.2 Å². The van der Waals surface area contributed by atoms with Gasteiger partial charge >= 0.3 is 5.97 Å². The van der Waals surface area contributed by atoms with E-state index in [-0.39, 0.29) is 11.3 Å². The van der Waals surface area contributed by atoms with Crippen molar-refractivity contribution in [2.45, 2.75) is 25.8 Å². The molecule has 0 saturated carbocycles. The number of nitrogens with one attached hydrogen (secondary N) is 1. The molecule has 1 fully saturated rings. The van der Waals surface area contributed by atoms with E-state index in [0.29, 0.717) is 6.04 Å². The Morgan fingerprint density at radius 2 is 2.14 bits per heavy atom. The van der Waals surface area contributed by atoms with Gasteiger partial charge in [0.25, 0.3) is 5.69 Å². The Kier molecular flexibility index (Phi) is 4.74. The maximum absolute atomic E-state index is 11.2. The van der Waals surface area contributed by atoms with Crippen molar-refractivity contribution in [3.05, 3.63) is 33.9 Å². The Morgan fingerprint density at radius 1 is 1.48 bits per heavy atom. The lowest BCUT2D eigenvalue weighted by molar-refractivity contribution is -0.385. The Balaban J connectivity index is 2.35. The monoisotopic (exact) mass is 293 g/mol. The van der Waals surface area contributed by atoms with E-state index < -0.39 is 10.9 Å². The van der Waals surface area contributed by atoms with Gasteiger partial charge in [0.05, 0.1) is 4.92 Å². The van der Waals surface area contributed by atoms with Crippen molar-refractivity contribution in [2.75, 3.05) is 24.5 Å². The molecular formula is C14H19N3O4. The molecule has 1 aliphatic heterocycles. The van der Waals surface area contributed by atoms with Crippen LogP contribution in [-0.4, -0.2) is 41.7 Å². The summed E-state index contributed by atoms with van der Waals surface area (Å²) < 4.78 is 0. The number of nitro benzene ring substituents is 1. The van der Waals surface area contributed by atoms with Gasteiger partial charge in [0.15, 0.2) is 0 Å². The third-order valence-electron chi connectivity index (χ3n) is 3.83. The number of carboxylic acid groups (broad SMARTS) is 1. The number of nitro groups is 1. The first-order valence-corrected chi connectivity index (χ1v) is 7.03. The zero-order chi connectivity index (χ0) is 15.4. The number of nitrogens with zero attached hydrogens (tertiary/aromatic N) is 2. The fraction of sp³-hybridized carbons (Fsp3) is 0.500. The molecular weight excluding hydrogens is 274 g/mol. The number of carboxylic acids is 1. The number of piperidine rings is 1. The van der Waals surface area contributed by atoms with Crippen LogP contribution < -0.4 is 10.2 Å². The highest BCUT2D eigenvalue weighted by molar-refractivity contribution is 5.93. The van der Waals surface area contributed by atoms with Crippen LogP contribution in [0.5, 0.6) is 0 Å². The van der Waals surface area contributed by atoms with Crippen molar-refractivity contribution >= 4 is 17.3 Å². The van der Waals surface area contributed by atoms with Gasteiger partial charge in [-0.25, -0.2) is 4.79 Å². The fourth-order valence-corrected chi connectivity index (χ4v) is 2.80. The summed E-state index contributed by atoms with van der Waals surface area (Å²) in [6.07, 6.45) is 1.96. The molecule has 1 aromatic carbocycles. The van der Waals surface area contributed by atoms with Crippen molar-refractivity contribution in [2.24, 2.45) is 0 Å². The minimum Gasteiger partial charge on any atom is -0.477 e. The highest BCUT2D eigenvalue weighted by Gasteiger charge is 2.24. The highest BCUT2D eigenvalue weighted by atomic mass is 16.6. The first-order chi connectivity index (χ1) is 10.0. The van der Waals surface area contributed by atoms with E-state index in [9.17, 15) is 20.0 Å². The summed E-state index contributed by atoms with van der Waals surface area (Å²) in [5.74, 6) is -1.27. The van der Waals surface area contributed by atoms with Crippen LogP contribution in [0.25, 0.3) is 0 Å². The van der Waals surface area contributed by atoms with E-state index in [1.807, 2.05) is 6.92 Å². The van der Waals surface area contributed by atoms with Crippen LogP contribution in [0.2, 0.25) is 0 Å². The number of aromatic carboxylic acids is 1. The van der Waals surface area contributed by atoms with Crippen LogP contribution in [0.1, 0.15) is 30.1 Å². The predicted molar refractivity (Wildman–Crippen MR) is 79.0 cm³/mol. The van der Waals surface area contributed by atoms with Crippen molar-refractivity contribution in [1.82, 2.24) is 5.32 Å². The van der Waals surface area contributed by atoms with Crippen LogP contribution in [0, 0.1) is 10.1 Å². The summed E-state index contributed by atoms with van der Waals surface area (Å²) in [5, 5.41) is 23.4. The number of benzene rings is 1. The van der Waals surface area contributed by atoms with Crippen LogP contribution in [-0.2, 0) is 0 Å². The second kappa shape index (κ2) is 6.53. The average Bonchev–Trinajstić information content (AvgIpc) is 2.48. The van der Waals surface area contributed by atoms with E-state index in [2.05, 4.69) is 10.2 Å². The van der Waals surface area contributed by atoms with E-state index >= 15 is 0 Å². The van der Waals surface area contributed by atoms with Crippen LogP contribution in [0.4, 0.5) is 11.4 Å². The van der Waals surface area contributed by atoms with Gasteiger partial charge < -0.3 is 15.3 Å². The second-order valence-corrected chi connectivity index (χ2v) is 5.03. The molecule has 0 unspecified atom stereocenters. The molecule has 1 heterocycles. The molecule has 114 valence electrons. The molecule has 21 heavy (non-hydrogen) atoms. The minimum atomic E-state index is -1.27. The Hall–Kier alpha value is -2.15. The third kappa shape index (κ3) is 3.30. The van der Waals surface area contributed by atoms with Crippen molar-refractivity contribution in [3.63, 3.8) is 0 Å². The number of carbonyl (C=O) groups is 1. The van der Waals surface area contributed by atoms with Crippen LogP contribution >= 0.6 is 0 Å². The zero-order valence-corrected chi connectivity index (χ0v) is 11.9. The lowest BCUT2D eigenvalue weighted by atomic mass is 10.0. The molecule has 2 rings (SSSR count). The highest BCUT2D eigenvalue weighted by Crippen LogP contribution is 2.28. The molecule has 7 nitrogen and oxygen atoms in total. The minimum absolute atomic E-state index is 0.259. The molecule has 0 radical (unpaired) electrons. The van der Waals surface area contributed by atoms with E-state index in [0.717, 1.165) is 38.2 Å². The van der Waals surface area contributed by atoms with Gasteiger partial charge in [0.2, 0.25) is 0 Å². The lowest BCUT2D eigenvalue weighted by Gasteiger charge is -2.35. The van der Waals surface area contributed by atoms with Crippen LogP contribution in [0.3, 0.4) is 0 Å². The topological polar surface area (TPSA) is 95.7 Å². The molecule has 1 aromatic rings. The van der Waals surface area contributed by atoms with Gasteiger partial charge in [-0.3, -0.25) is 10.1 Å². The standard InChI is InChI=1S/C14H19N3O4/c1-2-16(10-5-7-15-8-6-10)11-3-4-13(17(20)21)12(9-11)14(18)19/h3-4,9-10,15H,2,5-8H2,1H3,(H,18,19). The smallest absolute Gasteiger partial charge is 0.342 e. The summed E-state index contributed by atoms with van der Waals surface area (Å²) in [7, 11) is 0.